The van der Waals surface area contributed by atoms with E-state index in [0.717, 1.165) is 0 Å². The highest BCUT2D eigenvalue weighted by molar-refractivity contribution is 5.99. The lowest BCUT2D eigenvalue weighted by molar-refractivity contribution is -0.143. The molecule has 1 aliphatic heterocycles. The molecule has 2 aromatic carbocycles. The summed E-state index contributed by atoms with van der Waals surface area (Å²) in [5, 5.41) is 82.0. The Hall–Kier alpha value is -8.85. The van der Waals surface area contributed by atoms with E-state index in [1.54, 1.807) is 44.2 Å². The van der Waals surface area contributed by atoms with Crippen LogP contribution >= 0.6 is 0 Å². The molecule has 32 heteroatoms. The molecule has 1 fully saturated rings. The van der Waals surface area contributed by atoms with Crippen LogP contribution in [0.4, 0.5) is 0 Å². The summed E-state index contributed by atoms with van der Waals surface area (Å²) in [6.07, 6.45) is -2.98. The van der Waals surface area contributed by atoms with Crippen molar-refractivity contribution in [3.63, 3.8) is 0 Å². The second-order valence-corrected chi connectivity index (χ2v) is 22.3. The number of nitrogens with zero attached hydrogens (tertiary/aromatic N) is 1. The standard InChI is InChI=1S/C58H87N13O19/c1-30(2)24-41(69-56(87)48(33(5)74)70-55(86)47(60)32(4)73)57(88)71-23-11-15-43(71)54(85)67-37(14-9-10-22-59)50(81)61-27-44(76)64-39(25-34-12-7-6-8-13-34)53(84)68-40(26-35-16-18-36(75)19-17-35)52(83)63-31(3)49(80)66-38(20-21-46(78)79)51(82)62-28-45(77)65-42(29-72)58(89)90/h6-8,12-13,16-19,30-33,37-43,47-48,72-75H,9-11,14-15,20-29,59-60H2,1-5H3,(H,61,81)(H,62,82)(H,63,83)(H,64,76)(H,65,77)(H,66,80)(H,67,85)(H,68,84)(H,69,87)(H,70,86)(H,78,79)(H,89,90)/t31-,32+,33+,37-,38-,39-,40-,41-,42-,43-,47-,48-/m0/s1. The first kappa shape index (κ1) is 75.4. The van der Waals surface area contributed by atoms with E-state index in [1.165, 1.54) is 49.9 Å². The van der Waals surface area contributed by atoms with E-state index in [0.29, 0.717) is 30.4 Å². The molecule has 32 nitrogen and oxygen atoms in total. The van der Waals surface area contributed by atoms with Gasteiger partial charge in [0, 0.05) is 25.8 Å². The van der Waals surface area contributed by atoms with Crippen LogP contribution in [0.25, 0.3) is 0 Å². The van der Waals surface area contributed by atoms with Crippen LogP contribution in [0.15, 0.2) is 54.6 Å². The number of aliphatic hydroxyl groups is 3. The van der Waals surface area contributed by atoms with Crippen LogP contribution < -0.4 is 64.6 Å². The van der Waals surface area contributed by atoms with Gasteiger partial charge in [-0.3, -0.25) is 57.5 Å². The first-order chi connectivity index (χ1) is 42.5. The third kappa shape index (κ3) is 25.7. The van der Waals surface area contributed by atoms with E-state index < -0.39 is 182 Å². The zero-order valence-electron chi connectivity index (χ0n) is 50.9. The predicted molar refractivity (Wildman–Crippen MR) is 319 cm³/mol. The Labute approximate surface area is 519 Å². The smallest absolute Gasteiger partial charge is 0.328 e. The number of phenolic OH excluding ortho intramolecular Hbond substituents is 1. The topological polar surface area (TPSA) is 519 Å². The summed E-state index contributed by atoms with van der Waals surface area (Å²) < 4.78 is 0. The normalized spacial score (nSPS) is 16.5. The number of phenols is 1. The third-order valence-electron chi connectivity index (χ3n) is 14.3. The quantitative estimate of drug-likeness (QED) is 0.0279. The van der Waals surface area contributed by atoms with Gasteiger partial charge in [-0.25, -0.2) is 4.79 Å². The molecule has 0 unspecified atom stereocenters. The summed E-state index contributed by atoms with van der Waals surface area (Å²) in [4.78, 5) is 174. The molecule has 0 radical (unpaired) electrons. The third-order valence-corrected chi connectivity index (χ3v) is 14.3. The summed E-state index contributed by atoms with van der Waals surface area (Å²) in [5.74, 6) is -13.3. The van der Waals surface area contributed by atoms with Crippen LogP contribution in [0.1, 0.15) is 97.1 Å². The maximum absolute atomic E-state index is 14.4. The Kier molecular flexibility index (Phi) is 31.7. The van der Waals surface area contributed by atoms with E-state index in [4.69, 9.17) is 16.6 Å². The molecule has 90 heavy (non-hydrogen) atoms. The molecule has 0 spiro atoms. The Morgan fingerprint density at radius 2 is 1.11 bits per heavy atom. The Morgan fingerprint density at radius 3 is 1.64 bits per heavy atom. The van der Waals surface area contributed by atoms with Crippen molar-refractivity contribution < 1.29 is 93.0 Å². The molecule has 1 saturated heterocycles. The number of likely N-dealkylation sites (tertiary alicyclic amines) is 1. The maximum Gasteiger partial charge on any atom is 0.328 e. The van der Waals surface area contributed by atoms with Crippen molar-refractivity contribution in [3.05, 3.63) is 65.7 Å². The zero-order chi connectivity index (χ0) is 67.4. The number of amides is 11. The van der Waals surface area contributed by atoms with Crippen LogP contribution in [-0.2, 0) is 75.2 Å². The van der Waals surface area contributed by atoms with Crippen LogP contribution in [0, 0.1) is 5.92 Å². The molecule has 20 N–H and O–H groups in total. The Bertz CT molecular complexity index is 2790. The maximum atomic E-state index is 14.4. The number of carboxylic acids is 2. The number of benzene rings is 2. The molecule has 0 bridgehead atoms. The van der Waals surface area contributed by atoms with Gasteiger partial charge in [-0.05, 0) is 101 Å². The monoisotopic (exact) mass is 1270 g/mol. The fourth-order valence-corrected chi connectivity index (χ4v) is 9.24. The molecule has 1 aliphatic rings. The van der Waals surface area contributed by atoms with Crippen LogP contribution in [-0.4, -0.2) is 218 Å². The minimum absolute atomic E-state index is 0.0312. The molecule has 0 saturated carbocycles. The number of carboxylic acid groups (broad SMARTS) is 2. The largest absolute Gasteiger partial charge is 0.508 e. The lowest BCUT2D eigenvalue weighted by atomic mass is 10.0. The summed E-state index contributed by atoms with van der Waals surface area (Å²) in [7, 11) is 0. The highest BCUT2D eigenvalue weighted by Gasteiger charge is 2.41. The number of nitrogens with one attached hydrogen (secondary N) is 10. The van der Waals surface area contributed by atoms with E-state index in [2.05, 4.69) is 47.9 Å². The van der Waals surface area contributed by atoms with Crippen molar-refractivity contribution >= 4 is 76.9 Å². The van der Waals surface area contributed by atoms with Gasteiger partial charge >= 0.3 is 11.9 Å². The van der Waals surface area contributed by atoms with Crippen molar-refractivity contribution in [2.24, 2.45) is 17.4 Å². The molecule has 2 aromatic rings. The fourth-order valence-electron chi connectivity index (χ4n) is 9.24. The predicted octanol–water partition coefficient (Wildman–Crippen LogP) is -5.50. The average Bonchev–Trinajstić information content (AvgIpc) is 2.59. The lowest BCUT2D eigenvalue weighted by Crippen LogP contribution is -2.61. The number of nitrogens with two attached hydrogens (primary N) is 2. The fraction of sp³-hybridized carbons (Fsp3) is 0.569. The van der Waals surface area contributed by atoms with Crippen LogP contribution in [0.5, 0.6) is 5.75 Å². The molecule has 0 aliphatic carbocycles. The van der Waals surface area contributed by atoms with Crippen molar-refractivity contribution in [1.29, 1.82) is 0 Å². The summed E-state index contributed by atoms with van der Waals surface area (Å²) in [6, 6.07) is -0.616. The van der Waals surface area contributed by atoms with Crippen molar-refractivity contribution in [2.45, 2.75) is 171 Å². The molecule has 12 atom stereocenters. The SMILES string of the molecule is CC(C)C[C@H](NC(=O)[C@@H](NC(=O)[C@@H](N)[C@@H](C)O)[C@@H](C)O)C(=O)N1CCC[C@H]1C(=O)N[C@@H](CCCCN)C(=O)NCC(=O)N[C@@H](Cc1ccccc1)C(=O)N[C@@H](Cc1ccc(O)cc1)C(=O)N[C@@H](C)C(=O)N[C@@H](CCC(=O)O)C(=O)NCC(=O)N[C@@H](CO)C(=O)O. The van der Waals surface area contributed by atoms with E-state index >= 15 is 0 Å². The molecule has 3 rings (SSSR count). The minimum Gasteiger partial charge on any atom is -0.508 e. The van der Waals surface area contributed by atoms with Gasteiger partial charge in [-0.1, -0.05) is 56.3 Å². The van der Waals surface area contributed by atoms with Gasteiger partial charge in [-0.15, -0.1) is 0 Å². The second kappa shape index (κ2) is 37.9. The Morgan fingerprint density at radius 1 is 0.578 bits per heavy atom. The van der Waals surface area contributed by atoms with E-state index in [9.17, 15) is 87.9 Å². The second-order valence-electron chi connectivity index (χ2n) is 22.3. The summed E-state index contributed by atoms with van der Waals surface area (Å²) in [5.41, 5.74) is 12.4. The first-order valence-corrected chi connectivity index (χ1v) is 29.4. The molecule has 498 valence electrons. The number of aliphatic carboxylic acids is 2. The summed E-state index contributed by atoms with van der Waals surface area (Å²) >= 11 is 0. The summed E-state index contributed by atoms with van der Waals surface area (Å²) in [6.45, 7) is 5.03. The zero-order valence-corrected chi connectivity index (χ0v) is 50.9. The molecular weight excluding hydrogens is 1180 g/mol. The number of aliphatic hydroxyl groups excluding tert-OH is 3. The molecule has 11 amide bonds. The number of unbranched alkanes of at least 4 members (excludes halogenated alkanes) is 1. The minimum atomic E-state index is -1.70. The van der Waals surface area contributed by atoms with Gasteiger partial charge in [0.25, 0.3) is 0 Å². The number of carbonyl (C=O) groups is 13. The molecule has 0 aromatic heterocycles. The van der Waals surface area contributed by atoms with Gasteiger partial charge in [0.1, 0.15) is 66.2 Å². The van der Waals surface area contributed by atoms with Gasteiger partial charge in [-0.2, -0.15) is 0 Å². The highest BCUT2D eigenvalue weighted by atomic mass is 16.4. The number of carbonyl (C=O) groups excluding carboxylic acids is 11. The van der Waals surface area contributed by atoms with Crippen LogP contribution in [0.3, 0.4) is 0 Å². The number of hydrogen-bond donors (Lipinski definition) is 18. The number of hydrogen-bond acceptors (Lipinski definition) is 19. The van der Waals surface area contributed by atoms with Gasteiger partial charge in [0.2, 0.25) is 65.0 Å². The van der Waals surface area contributed by atoms with Crippen LogP contribution in [0.2, 0.25) is 0 Å². The average molecular weight is 1270 g/mol. The van der Waals surface area contributed by atoms with Gasteiger partial charge < -0.3 is 100 Å². The highest BCUT2D eigenvalue weighted by Crippen LogP contribution is 2.22. The Balaban J connectivity index is 1.83. The van der Waals surface area contributed by atoms with E-state index in [-0.39, 0.29) is 56.9 Å². The number of rotatable bonds is 38. The van der Waals surface area contributed by atoms with Gasteiger partial charge in [0.05, 0.1) is 31.9 Å². The lowest BCUT2D eigenvalue weighted by Gasteiger charge is -2.32. The molecular formula is C58H87N13O19. The van der Waals surface area contributed by atoms with Crippen molar-refractivity contribution in [3.8, 4) is 5.75 Å². The van der Waals surface area contributed by atoms with E-state index in [1.807, 2.05) is 5.32 Å². The van der Waals surface area contributed by atoms with Crippen molar-refractivity contribution in [1.82, 2.24) is 58.1 Å². The number of aromatic hydroxyl groups is 1. The van der Waals surface area contributed by atoms with Gasteiger partial charge in [0.15, 0.2) is 0 Å². The van der Waals surface area contributed by atoms with Crippen molar-refractivity contribution in [2.75, 3.05) is 32.8 Å². The molecule has 1 heterocycles. The first-order valence-electron chi connectivity index (χ1n) is 29.4.